The summed E-state index contributed by atoms with van der Waals surface area (Å²) in [5.41, 5.74) is -4.51. The Labute approximate surface area is 232 Å². The van der Waals surface area contributed by atoms with Crippen LogP contribution in [0.5, 0.6) is 5.75 Å². The van der Waals surface area contributed by atoms with Gasteiger partial charge in [0.2, 0.25) is 0 Å². The molecule has 0 N–H and O–H groups in total. The number of alkyl halides is 9. The molecular formula is C28H20F9NO4. The normalized spacial score (nSPS) is 17.8. The number of benzene rings is 3. The molecule has 14 heteroatoms. The Kier molecular flexibility index (Phi) is 7.96. The lowest BCUT2D eigenvalue weighted by Crippen LogP contribution is -2.32. The maximum Gasteiger partial charge on any atom is 0.416 e. The Morgan fingerprint density at radius 3 is 1.93 bits per heavy atom. The monoisotopic (exact) mass is 605 g/mol. The van der Waals surface area contributed by atoms with Crippen LogP contribution in [0.3, 0.4) is 0 Å². The van der Waals surface area contributed by atoms with Crippen molar-refractivity contribution < 1.29 is 58.6 Å². The van der Waals surface area contributed by atoms with Crippen molar-refractivity contribution in [1.29, 1.82) is 0 Å². The van der Waals surface area contributed by atoms with Gasteiger partial charge in [0.15, 0.2) is 0 Å². The van der Waals surface area contributed by atoms with Gasteiger partial charge in [0.1, 0.15) is 18.1 Å². The lowest BCUT2D eigenvalue weighted by atomic mass is 9.94. The second-order valence-corrected chi connectivity index (χ2v) is 9.46. The van der Waals surface area contributed by atoms with Crippen LogP contribution in [0.15, 0.2) is 54.6 Å². The number of hydrogen-bond acceptors (Lipinski definition) is 4. The molecule has 1 heterocycles. The number of amides is 1. The highest BCUT2D eigenvalue weighted by atomic mass is 19.4. The van der Waals surface area contributed by atoms with E-state index in [1.807, 2.05) is 0 Å². The van der Waals surface area contributed by atoms with Crippen molar-refractivity contribution in [2.45, 2.75) is 44.1 Å². The van der Waals surface area contributed by atoms with Gasteiger partial charge < -0.3 is 9.47 Å². The van der Waals surface area contributed by atoms with Gasteiger partial charge in [0, 0.05) is 11.1 Å². The molecule has 0 radical (unpaired) electrons. The molecule has 1 fully saturated rings. The first-order valence-electron chi connectivity index (χ1n) is 12.0. The zero-order chi connectivity index (χ0) is 31.2. The standard InChI is InChI=1S/C28H20F9NO4/c1-14-24(16-8-19(27(32,33)34)11-20(9-16)28(35,36)37)42-25(40)38(14)12-17-10-18(26(29,30)31)4-5-21(17)22-7-15(13-39)3-6-23(22)41-2/h3-11,13-14,24H,12H2,1-2H3/t14-,24-/m0/s1. The van der Waals surface area contributed by atoms with Crippen molar-refractivity contribution in [2.75, 3.05) is 7.11 Å². The number of nitrogens with zero attached hydrogens (tertiary/aromatic N) is 1. The van der Waals surface area contributed by atoms with Crippen molar-refractivity contribution >= 4 is 12.4 Å². The van der Waals surface area contributed by atoms with Gasteiger partial charge in [-0.25, -0.2) is 4.79 Å². The third kappa shape index (κ3) is 6.16. The third-order valence-corrected chi connectivity index (χ3v) is 6.75. The quantitative estimate of drug-likeness (QED) is 0.210. The lowest BCUT2D eigenvalue weighted by molar-refractivity contribution is -0.143. The van der Waals surface area contributed by atoms with E-state index in [0.717, 1.165) is 23.1 Å². The van der Waals surface area contributed by atoms with Crippen LogP contribution in [-0.4, -0.2) is 30.4 Å². The van der Waals surface area contributed by atoms with Gasteiger partial charge in [-0.05, 0) is 72.1 Å². The molecule has 0 spiro atoms. The average Bonchev–Trinajstić information content (AvgIpc) is 3.19. The van der Waals surface area contributed by atoms with Crippen molar-refractivity contribution in [3.63, 3.8) is 0 Å². The van der Waals surface area contributed by atoms with Crippen LogP contribution in [-0.2, 0) is 29.8 Å². The molecule has 1 aliphatic rings. The highest BCUT2D eigenvalue weighted by molar-refractivity contribution is 5.83. The smallest absolute Gasteiger partial charge is 0.416 e. The maximum absolute atomic E-state index is 13.6. The largest absolute Gasteiger partial charge is 0.496 e. The molecule has 1 saturated heterocycles. The molecule has 4 rings (SSSR count). The number of ether oxygens (including phenoxy) is 2. The summed E-state index contributed by atoms with van der Waals surface area (Å²) in [5.74, 6) is 0.181. The van der Waals surface area contributed by atoms with Crippen LogP contribution < -0.4 is 4.74 Å². The SMILES string of the molecule is COc1ccc(C=O)cc1-c1ccc(C(F)(F)F)cc1CN1C(=O)O[C@H](c2cc(C(F)(F)F)cc(C(F)(F)F)c2)[C@@H]1C. The van der Waals surface area contributed by atoms with Crippen molar-refractivity contribution in [1.82, 2.24) is 4.90 Å². The van der Waals surface area contributed by atoms with Crippen LogP contribution in [0.4, 0.5) is 44.3 Å². The van der Waals surface area contributed by atoms with Crippen LogP contribution in [0.2, 0.25) is 0 Å². The lowest BCUT2D eigenvalue weighted by Gasteiger charge is -2.24. The molecule has 0 aromatic heterocycles. The van der Waals surface area contributed by atoms with E-state index >= 15 is 0 Å². The molecule has 2 atom stereocenters. The second kappa shape index (κ2) is 10.9. The zero-order valence-electron chi connectivity index (χ0n) is 21.6. The summed E-state index contributed by atoms with van der Waals surface area (Å²) < 4.78 is 132. The Bertz CT molecular complexity index is 1480. The summed E-state index contributed by atoms with van der Waals surface area (Å²) in [6.07, 6.45) is -17.4. The minimum Gasteiger partial charge on any atom is -0.496 e. The minimum atomic E-state index is -5.15. The van der Waals surface area contributed by atoms with E-state index < -0.39 is 65.6 Å². The highest BCUT2D eigenvalue weighted by Crippen LogP contribution is 2.43. The average molecular weight is 605 g/mol. The molecule has 1 aliphatic heterocycles. The van der Waals surface area contributed by atoms with Crippen molar-refractivity contribution in [3.8, 4) is 16.9 Å². The number of carbonyl (C=O) groups excluding carboxylic acids is 2. The van der Waals surface area contributed by atoms with E-state index in [1.165, 1.54) is 32.2 Å². The summed E-state index contributed by atoms with van der Waals surface area (Å²) in [6, 6.07) is 6.40. The fourth-order valence-electron chi connectivity index (χ4n) is 4.66. The molecule has 42 heavy (non-hydrogen) atoms. The second-order valence-electron chi connectivity index (χ2n) is 9.46. The van der Waals surface area contributed by atoms with Crippen LogP contribution in [0, 0.1) is 0 Å². The molecule has 5 nitrogen and oxygen atoms in total. The van der Waals surface area contributed by atoms with Gasteiger partial charge in [-0.2, -0.15) is 39.5 Å². The predicted molar refractivity (Wildman–Crippen MR) is 129 cm³/mol. The first kappa shape index (κ1) is 30.7. The number of methoxy groups -OCH3 is 1. The first-order chi connectivity index (χ1) is 19.4. The summed E-state index contributed by atoms with van der Waals surface area (Å²) in [7, 11) is 1.29. The predicted octanol–water partition coefficient (Wildman–Crippen LogP) is 8.31. The van der Waals surface area contributed by atoms with E-state index in [9.17, 15) is 49.1 Å². The van der Waals surface area contributed by atoms with E-state index in [-0.39, 0.29) is 34.1 Å². The highest BCUT2D eigenvalue weighted by Gasteiger charge is 2.43. The molecule has 3 aromatic carbocycles. The first-order valence-corrected chi connectivity index (χ1v) is 12.0. The molecule has 3 aromatic rings. The Hall–Kier alpha value is -4.23. The zero-order valence-corrected chi connectivity index (χ0v) is 21.6. The van der Waals surface area contributed by atoms with Gasteiger partial charge >= 0.3 is 24.6 Å². The number of carbonyl (C=O) groups is 2. The van der Waals surface area contributed by atoms with Gasteiger partial charge in [0.05, 0.1) is 36.4 Å². The Balaban J connectivity index is 1.79. The number of cyclic esters (lactones) is 1. The minimum absolute atomic E-state index is 0.0710. The number of rotatable bonds is 6. The summed E-state index contributed by atoms with van der Waals surface area (Å²) in [6.45, 7) is 0.708. The van der Waals surface area contributed by atoms with Gasteiger partial charge in [0.25, 0.3) is 0 Å². The summed E-state index contributed by atoms with van der Waals surface area (Å²) >= 11 is 0. The summed E-state index contributed by atoms with van der Waals surface area (Å²) in [5, 5.41) is 0. The molecule has 0 unspecified atom stereocenters. The van der Waals surface area contributed by atoms with E-state index in [1.54, 1.807) is 0 Å². The van der Waals surface area contributed by atoms with E-state index in [4.69, 9.17) is 9.47 Å². The summed E-state index contributed by atoms with van der Waals surface area (Å²) in [4.78, 5) is 25.1. The number of aldehydes is 1. The molecule has 0 aliphatic carbocycles. The molecule has 0 saturated carbocycles. The fourth-order valence-corrected chi connectivity index (χ4v) is 4.66. The third-order valence-electron chi connectivity index (χ3n) is 6.75. The van der Waals surface area contributed by atoms with E-state index in [2.05, 4.69) is 0 Å². The number of halogens is 9. The van der Waals surface area contributed by atoms with Crippen LogP contribution in [0.25, 0.3) is 11.1 Å². The van der Waals surface area contributed by atoms with Crippen molar-refractivity contribution in [2.24, 2.45) is 0 Å². The molecule has 0 bridgehead atoms. The Morgan fingerprint density at radius 2 is 1.40 bits per heavy atom. The topological polar surface area (TPSA) is 55.8 Å². The van der Waals surface area contributed by atoms with E-state index in [0.29, 0.717) is 18.4 Å². The Morgan fingerprint density at radius 1 is 0.810 bits per heavy atom. The van der Waals surface area contributed by atoms with Crippen LogP contribution in [0.1, 0.15) is 51.2 Å². The fraction of sp³-hybridized carbons (Fsp3) is 0.286. The van der Waals surface area contributed by atoms with Gasteiger partial charge in [-0.3, -0.25) is 9.69 Å². The molecular weight excluding hydrogens is 585 g/mol. The van der Waals surface area contributed by atoms with Gasteiger partial charge in [-0.15, -0.1) is 0 Å². The van der Waals surface area contributed by atoms with Crippen molar-refractivity contribution in [3.05, 3.63) is 88.0 Å². The molecule has 1 amide bonds. The van der Waals surface area contributed by atoms with Gasteiger partial charge in [-0.1, -0.05) is 6.07 Å². The number of hydrogen-bond donors (Lipinski definition) is 0. The molecule has 224 valence electrons. The van der Waals surface area contributed by atoms with Crippen LogP contribution >= 0.6 is 0 Å². The maximum atomic E-state index is 13.6.